The van der Waals surface area contributed by atoms with Crippen LogP contribution < -0.4 is 11.3 Å². The third-order valence-corrected chi connectivity index (χ3v) is 4.91. The topological polar surface area (TPSA) is 77.5 Å². The van der Waals surface area contributed by atoms with Crippen LogP contribution in [0.1, 0.15) is 40.9 Å². The number of ketones is 1. The maximum absolute atomic E-state index is 12.9. The van der Waals surface area contributed by atoms with Crippen LogP contribution in [0.4, 0.5) is 0 Å². The average Bonchev–Trinajstić information content (AvgIpc) is 2.71. The van der Waals surface area contributed by atoms with Crippen LogP contribution in [0.2, 0.25) is 0 Å². The van der Waals surface area contributed by atoms with Crippen molar-refractivity contribution in [2.24, 2.45) is 0 Å². The van der Waals surface area contributed by atoms with Crippen molar-refractivity contribution in [3.05, 3.63) is 91.6 Å². The molecule has 0 aliphatic rings. The van der Waals surface area contributed by atoms with Gasteiger partial charge in [0.1, 0.15) is 22.3 Å². The van der Waals surface area contributed by atoms with Crippen molar-refractivity contribution in [3.8, 4) is 0 Å². The van der Waals surface area contributed by atoms with Gasteiger partial charge in [0, 0.05) is 10.8 Å². The van der Waals surface area contributed by atoms with Gasteiger partial charge in [-0.2, -0.15) is 0 Å². The Bertz CT molecular complexity index is 1240. The van der Waals surface area contributed by atoms with Crippen molar-refractivity contribution in [1.82, 2.24) is 0 Å². The molecule has 28 heavy (non-hydrogen) atoms. The maximum atomic E-state index is 12.9. The van der Waals surface area contributed by atoms with Crippen LogP contribution in [0.5, 0.6) is 0 Å². The Morgan fingerprint density at radius 3 is 1.54 bits per heavy atom. The van der Waals surface area contributed by atoms with Crippen LogP contribution in [-0.2, 0) is 12.8 Å². The Kier molecular flexibility index (Phi) is 4.43. The molecule has 0 radical (unpaired) electrons. The van der Waals surface area contributed by atoms with Gasteiger partial charge in [-0.15, -0.1) is 0 Å². The summed E-state index contributed by atoms with van der Waals surface area (Å²) in [6, 6.07) is 13.9. The van der Waals surface area contributed by atoms with Crippen LogP contribution in [0.25, 0.3) is 21.9 Å². The Morgan fingerprint density at radius 1 is 0.714 bits per heavy atom. The van der Waals surface area contributed by atoms with Gasteiger partial charge in [-0.25, -0.2) is 9.59 Å². The minimum Gasteiger partial charge on any atom is -0.422 e. The lowest BCUT2D eigenvalue weighted by Gasteiger charge is -2.05. The second-order valence-electron chi connectivity index (χ2n) is 6.68. The molecule has 4 rings (SSSR count). The SMILES string of the molecule is CCc1ccc2cc(C(=O)c3cc4ccc(CC)cc4oc3=O)c(=O)oc2c1. The third kappa shape index (κ3) is 3.05. The number of hydrogen-bond acceptors (Lipinski definition) is 5. The molecule has 0 unspecified atom stereocenters. The van der Waals surface area contributed by atoms with Gasteiger partial charge in [0.05, 0.1) is 0 Å². The first-order chi connectivity index (χ1) is 13.5. The molecule has 5 heteroatoms. The van der Waals surface area contributed by atoms with Crippen LogP contribution in [0.15, 0.2) is 67.0 Å². The van der Waals surface area contributed by atoms with E-state index in [1.54, 1.807) is 24.3 Å². The van der Waals surface area contributed by atoms with E-state index in [2.05, 4.69) is 0 Å². The molecule has 140 valence electrons. The summed E-state index contributed by atoms with van der Waals surface area (Å²) >= 11 is 0. The Hall–Kier alpha value is -3.47. The molecule has 2 aromatic carbocycles. The maximum Gasteiger partial charge on any atom is 0.347 e. The summed E-state index contributed by atoms with van der Waals surface area (Å²) in [6.07, 6.45) is 1.61. The Labute approximate surface area is 160 Å². The normalized spacial score (nSPS) is 11.2. The molecule has 0 saturated carbocycles. The standard InChI is InChI=1S/C23H18O5/c1-3-13-5-7-15-11-17(22(25)27-19(15)9-13)21(24)18-12-16-8-6-14(4-2)10-20(16)28-23(18)26/h5-12H,3-4H2,1-2H3. The van der Waals surface area contributed by atoms with Crippen LogP contribution in [-0.4, -0.2) is 5.78 Å². The average molecular weight is 374 g/mol. The van der Waals surface area contributed by atoms with Crippen LogP contribution >= 0.6 is 0 Å². The molecule has 0 fully saturated rings. The molecule has 0 saturated heterocycles. The molecule has 0 spiro atoms. The van der Waals surface area contributed by atoms with Gasteiger partial charge in [-0.1, -0.05) is 38.1 Å². The van der Waals surface area contributed by atoms with E-state index in [0.29, 0.717) is 21.9 Å². The highest BCUT2D eigenvalue weighted by atomic mass is 16.4. The molecule has 0 N–H and O–H groups in total. The summed E-state index contributed by atoms with van der Waals surface area (Å²) in [5.74, 6) is -0.703. The monoisotopic (exact) mass is 374 g/mol. The Morgan fingerprint density at radius 2 is 1.14 bits per heavy atom. The van der Waals surface area contributed by atoms with Crippen LogP contribution in [0.3, 0.4) is 0 Å². The zero-order valence-electron chi connectivity index (χ0n) is 15.6. The van der Waals surface area contributed by atoms with E-state index in [1.165, 1.54) is 12.1 Å². The predicted octanol–water partition coefficient (Wildman–Crippen LogP) is 4.26. The number of hydrogen-bond donors (Lipinski definition) is 0. The zero-order valence-corrected chi connectivity index (χ0v) is 15.6. The summed E-state index contributed by atoms with van der Waals surface area (Å²) in [5.41, 5.74) is 0.963. The second-order valence-corrected chi connectivity index (χ2v) is 6.68. The fourth-order valence-electron chi connectivity index (χ4n) is 3.21. The fraction of sp³-hybridized carbons (Fsp3) is 0.174. The molecule has 5 nitrogen and oxygen atoms in total. The van der Waals surface area contributed by atoms with Crippen molar-refractivity contribution < 1.29 is 13.6 Å². The first kappa shape index (κ1) is 17.9. The summed E-state index contributed by atoms with van der Waals surface area (Å²) < 4.78 is 10.7. The van der Waals surface area contributed by atoms with Gasteiger partial charge in [-0.3, -0.25) is 4.79 Å². The lowest BCUT2D eigenvalue weighted by molar-refractivity contribution is 0.103. The molecular weight excluding hydrogens is 356 g/mol. The van der Waals surface area contributed by atoms with Gasteiger partial charge in [-0.05, 0) is 48.2 Å². The molecule has 0 atom stereocenters. The molecule has 0 amide bonds. The highest BCUT2D eigenvalue weighted by Crippen LogP contribution is 2.20. The lowest BCUT2D eigenvalue weighted by Crippen LogP contribution is -2.20. The lowest BCUT2D eigenvalue weighted by atomic mass is 10.0. The second kappa shape index (κ2) is 6.93. The number of rotatable bonds is 4. The predicted molar refractivity (Wildman–Crippen MR) is 107 cm³/mol. The van der Waals surface area contributed by atoms with E-state index < -0.39 is 17.0 Å². The Balaban J connectivity index is 1.85. The molecule has 0 aliphatic heterocycles. The first-order valence-electron chi connectivity index (χ1n) is 9.18. The zero-order chi connectivity index (χ0) is 19.8. The largest absolute Gasteiger partial charge is 0.422 e. The number of benzene rings is 2. The van der Waals surface area contributed by atoms with Crippen molar-refractivity contribution in [2.75, 3.05) is 0 Å². The third-order valence-electron chi connectivity index (χ3n) is 4.91. The van der Waals surface area contributed by atoms with Crippen molar-refractivity contribution in [2.45, 2.75) is 26.7 Å². The van der Waals surface area contributed by atoms with Crippen LogP contribution in [0, 0.1) is 0 Å². The van der Waals surface area contributed by atoms with E-state index in [1.807, 2.05) is 26.0 Å². The van der Waals surface area contributed by atoms with Gasteiger partial charge in [0.2, 0.25) is 5.78 Å². The van der Waals surface area contributed by atoms with Gasteiger partial charge < -0.3 is 8.83 Å². The summed E-state index contributed by atoms with van der Waals surface area (Å²) in [6.45, 7) is 4.00. The van der Waals surface area contributed by atoms with E-state index in [9.17, 15) is 14.4 Å². The summed E-state index contributed by atoms with van der Waals surface area (Å²) in [5, 5.41) is 1.25. The van der Waals surface area contributed by atoms with E-state index in [0.717, 1.165) is 24.0 Å². The van der Waals surface area contributed by atoms with Crippen molar-refractivity contribution >= 4 is 27.7 Å². The van der Waals surface area contributed by atoms with E-state index in [-0.39, 0.29) is 11.1 Å². The van der Waals surface area contributed by atoms with Gasteiger partial charge in [0.25, 0.3) is 0 Å². The molecular formula is C23H18O5. The minimum atomic E-state index is -0.772. The number of carbonyl (C=O) groups excluding carboxylic acids is 1. The minimum absolute atomic E-state index is 0.187. The number of carbonyl (C=O) groups is 1. The summed E-state index contributed by atoms with van der Waals surface area (Å²) in [7, 11) is 0. The number of fused-ring (bicyclic) bond motifs is 2. The fourth-order valence-corrected chi connectivity index (χ4v) is 3.21. The first-order valence-corrected chi connectivity index (χ1v) is 9.18. The van der Waals surface area contributed by atoms with Gasteiger partial charge >= 0.3 is 11.3 Å². The molecule has 0 bridgehead atoms. The van der Waals surface area contributed by atoms with E-state index >= 15 is 0 Å². The molecule has 4 aromatic rings. The summed E-state index contributed by atoms with van der Waals surface area (Å²) in [4.78, 5) is 37.7. The quantitative estimate of drug-likeness (QED) is 0.394. The van der Waals surface area contributed by atoms with Gasteiger partial charge in [0.15, 0.2) is 0 Å². The number of aryl methyl sites for hydroxylation is 2. The van der Waals surface area contributed by atoms with Crippen molar-refractivity contribution in [1.29, 1.82) is 0 Å². The highest BCUT2D eigenvalue weighted by molar-refractivity contribution is 6.10. The smallest absolute Gasteiger partial charge is 0.347 e. The van der Waals surface area contributed by atoms with Crippen molar-refractivity contribution in [3.63, 3.8) is 0 Å². The highest BCUT2D eigenvalue weighted by Gasteiger charge is 2.20. The molecule has 2 heterocycles. The van der Waals surface area contributed by atoms with E-state index in [4.69, 9.17) is 8.83 Å². The molecule has 2 aromatic heterocycles. The molecule has 0 aliphatic carbocycles.